The van der Waals surface area contributed by atoms with E-state index in [2.05, 4.69) is 50.4 Å². The van der Waals surface area contributed by atoms with Crippen LogP contribution in [-0.4, -0.2) is 6.54 Å². The van der Waals surface area contributed by atoms with E-state index in [4.69, 9.17) is 0 Å². The van der Waals surface area contributed by atoms with Gasteiger partial charge in [0.25, 0.3) is 0 Å². The maximum Gasteiger partial charge on any atom is 0.0351 e. The number of hydrogen-bond acceptors (Lipinski definition) is 1. The lowest BCUT2D eigenvalue weighted by Crippen LogP contribution is -2.29. The molecule has 0 amide bonds. The number of aryl methyl sites for hydroxylation is 1. The molecule has 0 aliphatic heterocycles. The predicted octanol–water partition coefficient (Wildman–Crippen LogP) is 4.73. The average molecular weight is 259 g/mol. The van der Waals surface area contributed by atoms with Gasteiger partial charge in [-0.2, -0.15) is 0 Å². The van der Waals surface area contributed by atoms with Gasteiger partial charge in [-0.25, -0.2) is 0 Å². The van der Waals surface area contributed by atoms with Gasteiger partial charge in [-0.1, -0.05) is 64.3 Å². The molecular formula is C18H29N. The first-order valence-corrected chi connectivity index (χ1v) is 8.08. The minimum atomic E-state index is 0.554. The molecule has 1 N–H and O–H groups in total. The minimum Gasteiger partial charge on any atom is -0.310 e. The molecule has 1 fully saturated rings. The summed E-state index contributed by atoms with van der Waals surface area (Å²) < 4.78 is 0. The standard InChI is InChI=1S/C18H29N/c1-4-7-15-10-12-16(13-11-15)18(19-5-2)17-9-6-8-14(17)3/h10-14,17-19H,4-9H2,1-3H3. The molecule has 3 unspecified atom stereocenters. The summed E-state index contributed by atoms with van der Waals surface area (Å²) in [5.41, 5.74) is 2.96. The minimum absolute atomic E-state index is 0.554. The van der Waals surface area contributed by atoms with E-state index in [0.717, 1.165) is 18.4 Å². The van der Waals surface area contributed by atoms with Crippen molar-refractivity contribution >= 4 is 0 Å². The molecule has 19 heavy (non-hydrogen) atoms. The zero-order chi connectivity index (χ0) is 13.7. The smallest absolute Gasteiger partial charge is 0.0351 e. The van der Waals surface area contributed by atoms with Crippen LogP contribution in [0.2, 0.25) is 0 Å². The van der Waals surface area contributed by atoms with E-state index in [9.17, 15) is 0 Å². The molecule has 0 bridgehead atoms. The van der Waals surface area contributed by atoms with E-state index in [-0.39, 0.29) is 0 Å². The fourth-order valence-corrected chi connectivity index (χ4v) is 3.59. The van der Waals surface area contributed by atoms with Crippen LogP contribution in [0.3, 0.4) is 0 Å². The third-order valence-corrected chi connectivity index (χ3v) is 4.66. The van der Waals surface area contributed by atoms with Gasteiger partial charge < -0.3 is 5.32 Å². The second kappa shape index (κ2) is 7.09. The van der Waals surface area contributed by atoms with E-state index >= 15 is 0 Å². The molecule has 1 saturated carbocycles. The van der Waals surface area contributed by atoms with Crippen molar-refractivity contribution in [3.63, 3.8) is 0 Å². The van der Waals surface area contributed by atoms with E-state index in [1.165, 1.54) is 43.2 Å². The molecule has 1 aromatic carbocycles. The van der Waals surface area contributed by atoms with Gasteiger partial charge >= 0.3 is 0 Å². The molecular weight excluding hydrogens is 230 g/mol. The second-order valence-electron chi connectivity index (χ2n) is 6.10. The largest absolute Gasteiger partial charge is 0.310 e. The van der Waals surface area contributed by atoms with Crippen LogP contribution >= 0.6 is 0 Å². The predicted molar refractivity (Wildman–Crippen MR) is 83.4 cm³/mol. The normalized spacial score (nSPS) is 24.6. The number of hydrogen-bond donors (Lipinski definition) is 1. The Morgan fingerprint density at radius 1 is 1.16 bits per heavy atom. The van der Waals surface area contributed by atoms with Gasteiger partial charge in [0.1, 0.15) is 0 Å². The van der Waals surface area contributed by atoms with Gasteiger partial charge in [0.15, 0.2) is 0 Å². The van der Waals surface area contributed by atoms with E-state index < -0.39 is 0 Å². The molecule has 0 aromatic heterocycles. The lowest BCUT2D eigenvalue weighted by Gasteiger charge is -2.28. The number of benzene rings is 1. The zero-order valence-corrected chi connectivity index (χ0v) is 12.8. The Morgan fingerprint density at radius 2 is 1.89 bits per heavy atom. The van der Waals surface area contributed by atoms with Crippen LogP contribution in [0.25, 0.3) is 0 Å². The highest BCUT2D eigenvalue weighted by atomic mass is 14.9. The summed E-state index contributed by atoms with van der Waals surface area (Å²) in [6, 6.07) is 9.90. The van der Waals surface area contributed by atoms with Crippen LogP contribution in [-0.2, 0) is 6.42 Å². The molecule has 0 heterocycles. The molecule has 1 aliphatic rings. The second-order valence-corrected chi connectivity index (χ2v) is 6.10. The zero-order valence-electron chi connectivity index (χ0n) is 12.8. The Hall–Kier alpha value is -0.820. The molecule has 3 atom stereocenters. The van der Waals surface area contributed by atoms with Gasteiger partial charge in [-0.15, -0.1) is 0 Å². The third kappa shape index (κ3) is 3.60. The van der Waals surface area contributed by atoms with Crippen molar-refractivity contribution in [2.45, 2.75) is 58.9 Å². The maximum absolute atomic E-state index is 3.72. The highest BCUT2D eigenvalue weighted by Gasteiger charge is 2.31. The summed E-state index contributed by atoms with van der Waals surface area (Å²) in [6.45, 7) is 7.95. The lowest BCUT2D eigenvalue weighted by molar-refractivity contribution is 0.305. The Morgan fingerprint density at radius 3 is 2.42 bits per heavy atom. The topological polar surface area (TPSA) is 12.0 Å². The lowest BCUT2D eigenvalue weighted by atomic mass is 9.85. The SMILES string of the molecule is CCCc1ccc(C(NCC)C2CCCC2C)cc1. The van der Waals surface area contributed by atoms with Crippen molar-refractivity contribution < 1.29 is 0 Å². The summed E-state index contributed by atoms with van der Waals surface area (Å²) in [4.78, 5) is 0. The maximum atomic E-state index is 3.72. The summed E-state index contributed by atoms with van der Waals surface area (Å²) in [5, 5.41) is 3.72. The molecule has 2 rings (SSSR count). The molecule has 0 spiro atoms. The molecule has 1 nitrogen and oxygen atoms in total. The molecule has 106 valence electrons. The van der Waals surface area contributed by atoms with Crippen molar-refractivity contribution in [2.75, 3.05) is 6.54 Å². The Labute approximate surface area is 118 Å². The van der Waals surface area contributed by atoms with Crippen LogP contribution in [0.5, 0.6) is 0 Å². The first-order chi connectivity index (χ1) is 9.26. The van der Waals surface area contributed by atoms with E-state index in [1.807, 2.05) is 0 Å². The quantitative estimate of drug-likeness (QED) is 0.779. The first kappa shape index (κ1) is 14.6. The van der Waals surface area contributed by atoms with Gasteiger partial charge in [0, 0.05) is 6.04 Å². The number of rotatable bonds is 6. The molecule has 1 aliphatic carbocycles. The van der Waals surface area contributed by atoms with Crippen molar-refractivity contribution in [3.8, 4) is 0 Å². The first-order valence-electron chi connectivity index (χ1n) is 8.08. The fraction of sp³-hybridized carbons (Fsp3) is 0.667. The summed E-state index contributed by atoms with van der Waals surface area (Å²) in [7, 11) is 0. The molecule has 0 saturated heterocycles. The monoisotopic (exact) mass is 259 g/mol. The summed E-state index contributed by atoms with van der Waals surface area (Å²) >= 11 is 0. The van der Waals surface area contributed by atoms with Gasteiger partial charge in [0.05, 0.1) is 0 Å². The van der Waals surface area contributed by atoms with Gasteiger partial charge in [-0.3, -0.25) is 0 Å². The van der Waals surface area contributed by atoms with Crippen molar-refractivity contribution in [1.82, 2.24) is 5.32 Å². The summed E-state index contributed by atoms with van der Waals surface area (Å²) in [5.74, 6) is 1.68. The molecule has 1 aromatic rings. The highest BCUT2D eigenvalue weighted by Crippen LogP contribution is 2.40. The van der Waals surface area contributed by atoms with Crippen molar-refractivity contribution in [2.24, 2.45) is 11.8 Å². The van der Waals surface area contributed by atoms with Crippen LogP contribution in [0.4, 0.5) is 0 Å². The van der Waals surface area contributed by atoms with Crippen LogP contribution in [0.15, 0.2) is 24.3 Å². The fourth-order valence-electron chi connectivity index (χ4n) is 3.59. The average Bonchev–Trinajstić information content (AvgIpc) is 2.84. The van der Waals surface area contributed by atoms with Crippen LogP contribution in [0.1, 0.15) is 63.6 Å². The Balaban J connectivity index is 2.13. The van der Waals surface area contributed by atoms with E-state index in [1.54, 1.807) is 0 Å². The van der Waals surface area contributed by atoms with Crippen LogP contribution < -0.4 is 5.32 Å². The third-order valence-electron chi connectivity index (χ3n) is 4.66. The van der Waals surface area contributed by atoms with Gasteiger partial charge in [-0.05, 0) is 42.3 Å². The van der Waals surface area contributed by atoms with Crippen LogP contribution in [0, 0.1) is 11.8 Å². The Kier molecular flexibility index (Phi) is 5.45. The number of nitrogens with one attached hydrogen (secondary N) is 1. The highest BCUT2D eigenvalue weighted by molar-refractivity contribution is 5.26. The molecule has 0 radical (unpaired) electrons. The van der Waals surface area contributed by atoms with Gasteiger partial charge in [0.2, 0.25) is 0 Å². The van der Waals surface area contributed by atoms with Crippen molar-refractivity contribution in [1.29, 1.82) is 0 Å². The molecule has 1 heteroatoms. The van der Waals surface area contributed by atoms with Crippen molar-refractivity contribution in [3.05, 3.63) is 35.4 Å². The summed E-state index contributed by atoms with van der Waals surface area (Å²) in [6.07, 6.45) is 6.62. The Bertz CT molecular complexity index is 368. The van der Waals surface area contributed by atoms with E-state index in [0.29, 0.717) is 6.04 Å².